The summed E-state index contributed by atoms with van der Waals surface area (Å²) in [5.74, 6) is -0.232. The maximum Gasteiger partial charge on any atom is 0.123 e. The number of halogens is 1. The minimum Gasteiger partial charge on any atom is -0.392 e. The van der Waals surface area contributed by atoms with Crippen molar-refractivity contribution < 1.29 is 9.50 Å². The Morgan fingerprint density at radius 1 is 1.14 bits per heavy atom. The first-order valence-corrected chi connectivity index (χ1v) is 7.43. The fraction of sp³-hybridized carbons (Fsp3) is 0.353. The lowest BCUT2D eigenvalue weighted by Crippen LogP contribution is -1.98. The van der Waals surface area contributed by atoms with Gasteiger partial charge in [-0.3, -0.25) is 0 Å². The van der Waals surface area contributed by atoms with E-state index >= 15 is 0 Å². The molecule has 1 aromatic heterocycles. The van der Waals surface area contributed by atoms with Gasteiger partial charge in [0.2, 0.25) is 0 Å². The predicted molar refractivity (Wildman–Crippen MR) is 81.3 cm³/mol. The molecular weight excluding hydrogens is 267 g/mol. The van der Waals surface area contributed by atoms with Crippen LogP contribution in [-0.2, 0) is 12.8 Å². The molecule has 0 bridgehead atoms. The van der Waals surface area contributed by atoms with Gasteiger partial charge in [-0.2, -0.15) is 5.10 Å². The van der Waals surface area contributed by atoms with Gasteiger partial charge >= 0.3 is 0 Å². The van der Waals surface area contributed by atoms with Crippen LogP contribution in [0, 0.1) is 5.82 Å². The topological polar surface area (TPSA) is 38.0 Å². The summed E-state index contributed by atoms with van der Waals surface area (Å²) in [6.45, 7) is 0.000511. The Bertz CT molecular complexity index is 644. The lowest BCUT2D eigenvalue weighted by atomic mass is 10.0. The first-order chi connectivity index (χ1) is 10.3. The minimum absolute atomic E-state index is 0.000511. The van der Waals surface area contributed by atoms with Crippen LogP contribution in [0.3, 0.4) is 0 Å². The molecule has 0 aliphatic heterocycles. The number of aliphatic hydroxyl groups excluding tert-OH is 1. The Kier molecular flexibility index (Phi) is 4.15. The molecule has 1 aliphatic rings. The third-order valence-electron chi connectivity index (χ3n) is 3.93. The number of rotatable bonds is 3. The zero-order valence-corrected chi connectivity index (χ0v) is 11.9. The van der Waals surface area contributed by atoms with Crippen molar-refractivity contribution in [1.82, 2.24) is 9.78 Å². The van der Waals surface area contributed by atoms with Crippen molar-refractivity contribution in [3.8, 4) is 11.3 Å². The summed E-state index contributed by atoms with van der Waals surface area (Å²) in [7, 11) is 0. The molecule has 3 rings (SSSR count). The van der Waals surface area contributed by atoms with E-state index in [0.29, 0.717) is 0 Å². The molecule has 3 nitrogen and oxygen atoms in total. The number of hydrogen-bond acceptors (Lipinski definition) is 2. The number of benzene rings is 1. The van der Waals surface area contributed by atoms with Gasteiger partial charge in [0, 0.05) is 23.0 Å². The van der Waals surface area contributed by atoms with E-state index in [1.54, 1.807) is 18.2 Å². The van der Waals surface area contributed by atoms with Crippen LogP contribution in [0.1, 0.15) is 30.5 Å². The van der Waals surface area contributed by atoms with Crippen LogP contribution in [-0.4, -0.2) is 21.5 Å². The molecule has 1 aromatic carbocycles. The summed E-state index contributed by atoms with van der Waals surface area (Å²) in [5, 5.41) is 13.6. The molecule has 0 saturated carbocycles. The van der Waals surface area contributed by atoms with E-state index in [1.807, 2.05) is 10.9 Å². The Hall–Kier alpha value is -1.94. The van der Waals surface area contributed by atoms with Crippen LogP contribution in [0.5, 0.6) is 0 Å². The van der Waals surface area contributed by atoms with Crippen molar-refractivity contribution in [2.24, 2.45) is 0 Å². The molecule has 0 spiro atoms. The molecule has 21 heavy (non-hydrogen) atoms. The second kappa shape index (κ2) is 6.22. The molecule has 4 heteroatoms. The molecule has 1 heterocycles. The van der Waals surface area contributed by atoms with Crippen LogP contribution in [0.15, 0.2) is 30.3 Å². The Balaban J connectivity index is 2.09. The third-order valence-corrected chi connectivity index (χ3v) is 3.93. The molecule has 0 fully saturated rings. The van der Waals surface area contributed by atoms with Gasteiger partial charge in [0.25, 0.3) is 0 Å². The van der Waals surface area contributed by atoms with Crippen molar-refractivity contribution >= 4 is 6.20 Å². The summed E-state index contributed by atoms with van der Waals surface area (Å²) in [4.78, 5) is 0. The van der Waals surface area contributed by atoms with Crippen molar-refractivity contribution in [2.75, 3.05) is 6.61 Å². The van der Waals surface area contributed by atoms with E-state index < -0.39 is 0 Å². The van der Waals surface area contributed by atoms with E-state index in [1.165, 1.54) is 29.8 Å². The van der Waals surface area contributed by atoms with Crippen LogP contribution in [0.25, 0.3) is 17.5 Å². The smallest absolute Gasteiger partial charge is 0.123 e. The average Bonchev–Trinajstić information content (AvgIpc) is 2.68. The Morgan fingerprint density at radius 2 is 1.90 bits per heavy atom. The van der Waals surface area contributed by atoms with Crippen LogP contribution in [0.2, 0.25) is 0 Å². The molecule has 0 unspecified atom stereocenters. The molecule has 0 radical (unpaired) electrons. The van der Waals surface area contributed by atoms with E-state index in [9.17, 15) is 4.39 Å². The third kappa shape index (κ3) is 2.90. The Morgan fingerprint density at radius 3 is 2.67 bits per heavy atom. The molecule has 110 valence electrons. The molecule has 0 amide bonds. The average molecular weight is 286 g/mol. The van der Waals surface area contributed by atoms with Crippen LogP contribution < -0.4 is 0 Å². The van der Waals surface area contributed by atoms with Crippen LogP contribution in [0.4, 0.5) is 4.39 Å². The minimum atomic E-state index is -0.232. The number of hydrogen-bond donors (Lipinski definition) is 1. The van der Waals surface area contributed by atoms with Crippen molar-refractivity contribution in [1.29, 1.82) is 0 Å². The summed E-state index contributed by atoms with van der Waals surface area (Å²) in [6.07, 6.45) is 9.06. The molecule has 1 aliphatic carbocycles. The lowest BCUT2D eigenvalue weighted by molar-refractivity contribution is 0.343. The van der Waals surface area contributed by atoms with Gasteiger partial charge in [0.05, 0.1) is 12.3 Å². The highest BCUT2D eigenvalue weighted by atomic mass is 19.1. The monoisotopic (exact) mass is 286 g/mol. The fourth-order valence-electron chi connectivity index (χ4n) is 2.91. The van der Waals surface area contributed by atoms with Crippen molar-refractivity contribution in [2.45, 2.75) is 32.1 Å². The highest BCUT2D eigenvalue weighted by Crippen LogP contribution is 2.30. The van der Waals surface area contributed by atoms with Crippen molar-refractivity contribution in [3.05, 3.63) is 47.4 Å². The largest absolute Gasteiger partial charge is 0.392 e. The summed E-state index contributed by atoms with van der Waals surface area (Å²) < 4.78 is 15.0. The molecule has 0 atom stereocenters. The van der Waals surface area contributed by atoms with E-state index in [4.69, 9.17) is 5.11 Å². The first kappa shape index (κ1) is 14.0. The van der Waals surface area contributed by atoms with E-state index in [-0.39, 0.29) is 12.4 Å². The standard InChI is InChI=1S/C17H19FN2O/c18-14-9-7-13(8-10-14)17-15-5-2-1-3-6-16(15)20(19-17)11-4-12-21/h4,7-11,21H,1-3,5-6,12H2/b11-4+. The summed E-state index contributed by atoms with van der Waals surface area (Å²) in [5.41, 5.74) is 4.37. The zero-order chi connectivity index (χ0) is 14.7. The maximum absolute atomic E-state index is 13.1. The SMILES string of the molecule is OC/C=C/n1nc(-c2ccc(F)cc2)c2c1CCCCC2. The highest BCUT2D eigenvalue weighted by molar-refractivity contribution is 5.65. The number of fused-ring (bicyclic) bond motifs is 1. The summed E-state index contributed by atoms with van der Waals surface area (Å²) >= 11 is 0. The quantitative estimate of drug-likeness (QED) is 0.878. The highest BCUT2D eigenvalue weighted by Gasteiger charge is 2.19. The van der Waals surface area contributed by atoms with Gasteiger partial charge in [-0.1, -0.05) is 6.42 Å². The molecular formula is C17H19FN2O. The molecule has 0 saturated heterocycles. The first-order valence-electron chi connectivity index (χ1n) is 7.43. The van der Waals surface area contributed by atoms with E-state index in [0.717, 1.165) is 36.9 Å². The van der Waals surface area contributed by atoms with Crippen molar-refractivity contribution in [3.63, 3.8) is 0 Å². The number of aromatic nitrogens is 2. The number of nitrogens with zero attached hydrogens (tertiary/aromatic N) is 2. The van der Waals surface area contributed by atoms with Gasteiger partial charge in [0.1, 0.15) is 5.82 Å². The Labute approximate surface area is 123 Å². The lowest BCUT2D eigenvalue weighted by Gasteiger charge is -2.02. The van der Waals surface area contributed by atoms with Gasteiger partial charge < -0.3 is 5.11 Å². The fourth-order valence-corrected chi connectivity index (χ4v) is 2.91. The second-order valence-electron chi connectivity index (χ2n) is 5.35. The van der Waals surface area contributed by atoms with Gasteiger partial charge in [0.15, 0.2) is 0 Å². The second-order valence-corrected chi connectivity index (χ2v) is 5.35. The zero-order valence-electron chi connectivity index (χ0n) is 11.9. The van der Waals surface area contributed by atoms with Gasteiger partial charge in [-0.15, -0.1) is 0 Å². The predicted octanol–water partition coefficient (Wildman–Crippen LogP) is 3.42. The van der Waals surface area contributed by atoms with E-state index in [2.05, 4.69) is 5.10 Å². The van der Waals surface area contributed by atoms with Gasteiger partial charge in [-0.05, 0) is 56.0 Å². The number of aliphatic hydroxyl groups is 1. The summed E-state index contributed by atoms with van der Waals surface area (Å²) in [6, 6.07) is 6.51. The molecule has 1 N–H and O–H groups in total. The maximum atomic E-state index is 13.1. The molecule has 2 aromatic rings. The normalized spacial score (nSPS) is 15.1. The van der Waals surface area contributed by atoms with Gasteiger partial charge in [-0.25, -0.2) is 9.07 Å². The van der Waals surface area contributed by atoms with Crippen LogP contribution >= 0.6 is 0 Å².